The number of aryl methyl sites for hydroxylation is 1. The number of rotatable bonds is 6. The van der Waals surface area contributed by atoms with Crippen LogP contribution in [-0.4, -0.2) is 31.4 Å². The van der Waals surface area contributed by atoms with Crippen LogP contribution in [0.3, 0.4) is 0 Å². The van der Waals surface area contributed by atoms with Gasteiger partial charge in [0, 0.05) is 17.3 Å². The average Bonchev–Trinajstić information content (AvgIpc) is 2.68. The Bertz CT molecular complexity index is 1100. The van der Waals surface area contributed by atoms with Crippen LogP contribution in [-0.2, 0) is 10.0 Å². The smallest absolute Gasteiger partial charge is 0.263 e. The number of hydrogen-bond acceptors (Lipinski definition) is 6. The lowest BCUT2D eigenvalue weighted by Gasteiger charge is -2.09. The molecule has 28 heavy (non-hydrogen) atoms. The zero-order valence-electron chi connectivity index (χ0n) is 15.2. The van der Waals surface area contributed by atoms with E-state index in [1.165, 1.54) is 43.8 Å². The summed E-state index contributed by atoms with van der Waals surface area (Å²) in [6, 6.07) is 14.4. The van der Waals surface area contributed by atoms with Gasteiger partial charge in [0.2, 0.25) is 5.88 Å². The molecule has 144 valence electrons. The highest BCUT2D eigenvalue weighted by Gasteiger charge is 2.16. The highest BCUT2D eigenvalue weighted by molar-refractivity contribution is 7.92. The molecule has 0 atom stereocenters. The van der Waals surface area contributed by atoms with Crippen molar-refractivity contribution in [3.05, 3.63) is 72.1 Å². The molecule has 1 amide bonds. The maximum absolute atomic E-state index is 12.5. The van der Waals surface area contributed by atoms with E-state index in [9.17, 15) is 13.2 Å². The molecule has 1 heterocycles. The number of nitrogens with one attached hydrogen (secondary N) is 2. The summed E-state index contributed by atoms with van der Waals surface area (Å²) in [7, 11) is -2.43. The van der Waals surface area contributed by atoms with Crippen LogP contribution in [0.4, 0.5) is 11.5 Å². The molecule has 3 aromatic rings. The molecule has 3 rings (SSSR count). The Morgan fingerprint density at radius 2 is 1.79 bits per heavy atom. The van der Waals surface area contributed by atoms with Gasteiger partial charge in [0.05, 0.1) is 12.0 Å². The van der Waals surface area contributed by atoms with E-state index < -0.39 is 10.0 Å². The molecule has 2 N–H and O–H groups in total. The number of hydrogen-bond donors (Lipinski definition) is 2. The summed E-state index contributed by atoms with van der Waals surface area (Å²) in [6.45, 7) is 1.90. The third-order valence-electron chi connectivity index (χ3n) is 3.79. The van der Waals surface area contributed by atoms with E-state index in [0.29, 0.717) is 11.3 Å². The molecular formula is C19H18N4O4S. The fourth-order valence-corrected chi connectivity index (χ4v) is 3.41. The molecule has 2 aromatic carbocycles. The van der Waals surface area contributed by atoms with E-state index in [0.717, 1.165) is 5.56 Å². The second-order valence-corrected chi connectivity index (χ2v) is 7.58. The number of benzene rings is 2. The molecule has 0 radical (unpaired) electrons. The molecule has 0 aliphatic rings. The first-order valence-corrected chi connectivity index (χ1v) is 9.72. The monoisotopic (exact) mass is 398 g/mol. The van der Waals surface area contributed by atoms with Gasteiger partial charge in [-0.05, 0) is 43.3 Å². The highest BCUT2D eigenvalue weighted by Crippen LogP contribution is 2.19. The van der Waals surface area contributed by atoms with E-state index in [2.05, 4.69) is 20.0 Å². The predicted molar refractivity (Wildman–Crippen MR) is 105 cm³/mol. The Kier molecular flexibility index (Phi) is 5.55. The van der Waals surface area contributed by atoms with Crippen LogP contribution in [0.1, 0.15) is 15.9 Å². The fourth-order valence-electron chi connectivity index (χ4n) is 2.41. The Morgan fingerprint density at radius 1 is 1.04 bits per heavy atom. The lowest BCUT2D eigenvalue weighted by molar-refractivity contribution is 0.102. The Balaban J connectivity index is 1.73. The van der Waals surface area contributed by atoms with Gasteiger partial charge in [0.25, 0.3) is 15.9 Å². The van der Waals surface area contributed by atoms with Gasteiger partial charge in [-0.25, -0.2) is 18.4 Å². The summed E-state index contributed by atoms with van der Waals surface area (Å²) in [5, 5.41) is 2.74. The van der Waals surface area contributed by atoms with Gasteiger partial charge in [-0.15, -0.1) is 0 Å². The average molecular weight is 398 g/mol. The molecule has 0 aliphatic heterocycles. The van der Waals surface area contributed by atoms with Crippen LogP contribution in [0.15, 0.2) is 65.8 Å². The molecule has 0 spiro atoms. The van der Waals surface area contributed by atoms with E-state index in [4.69, 9.17) is 4.74 Å². The number of ether oxygens (including phenoxy) is 1. The maximum atomic E-state index is 12.5. The number of nitrogens with zero attached hydrogens (tertiary/aromatic N) is 2. The lowest BCUT2D eigenvalue weighted by Crippen LogP contribution is -2.15. The van der Waals surface area contributed by atoms with Gasteiger partial charge < -0.3 is 10.1 Å². The molecule has 1 aromatic heterocycles. The number of carbonyl (C=O) groups is 1. The molecule has 0 fully saturated rings. The third-order valence-corrected chi connectivity index (χ3v) is 5.16. The summed E-state index contributed by atoms with van der Waals surface area (Å²) < 4.78 is 32.3. The lowest BCUT2D eigenvalue weighted by atomic mass is 10.1. The molecule has 0 saturated carbocycles. The van der Waals surface area contributed by atoms with Crippen molar-refractivity contribution in [2.75, 3.05) is 17.1 Å². The van der Waals surface area contributed by atoms with E-state index in [1.807, 2.05) is 13.0 Å². The molecule has 0 bridgehead atoms. The van der Waals surface area contributed by atoms with Crippen molar-refractivity contribution in [2.24, 2.45) is 0 Å². The van der Waals surface area contributed by atoms with Crippen molar-refractivity contribution in [2.45, 2.75) is 11.8 Å². The second-order valence-electron chi connectivity index (χ2n) is 5.90. The number of amides is 1. The summed E-state index contributed by atoms with van der Waals surface area (Å²) in [4.78, 5) is 20.0. The molecule has 0 unspecified atom stereocenters. The van der Waals surface area contributed by atoms with Gasteiger partial charge in [0.1, 0.15) is 12.1 Å². The first kappa shape index (κ1) is 19.3. The van der Waals surface area contributed by atoms with Crippen LogP contribution in [0, 0.1) is 6.92 Å². The first-order valence-electron chi connectivity index (χ1n) is 8.24. The van der Waals surface area contributed by atoms with Crippen molar-refractivity contribution >= 4 is 27.4 Å². The Morgan fingerprint density at radius 3 is 2.46 bits per heavy atom. The van der Waals surface area contributed by atoms with Gasteiger partial charge in [-0.3, -0.25) is 9.52 Å². The molecule has 0 saturated heterocycles. The third kappa shape index (κ3) is 4.63. The van der Waals surface area contributed by atoms with Gasteiger partial charge >= 0.3 is 0 Å². The molecular weight excluding hydrogens is 380 g/mol. The van der Waals surface area contributed by atoms with Crippen molar-refractivity contribution in [1.82, 2.24) is 9.97 Å². The first-order chi connectivity index (χ1) is 13.4. The molecule has 0 aliphatic carbocycles. The quantitative estimate of drug-likeness (QED) is 0.661. The van der Waals surface area contributed by atoms with Crippen LogP contribution >= 0.6 is 0 Å². The predicted octanol–water partition coefficient (Wildman–Crippen LogP) is 2.85. The van der Waals surface area contributed by atoms with E-state index in [-0.39, 0.29) is 22.5 Å². The number of sulfonamides is 1. The summed E-state index contributed by atoms with van der Waals surface area (Å²) in [6.07, 6.45) is 1.20. The van der Waals surface area contributed by atoms with Crippen molar-refractivity contribution < 1.29 is 17.9 Å². The maximum Gasteiger partial charge on any atom is 0.263 e. The van der Waals surface area contributed by atoms with Crippen molar-refractivity contribution in [1.29, 1.82) is 0 Å². The minimum atomic E-state index is -3.85. The number of anilines is 2. The summed E-state index contributed by atoms with van der Waals surface area (Å²) in [5.41, 5.74) is 1.98. The van der Waals surface area contributed by atoms with Crippen molar-refractivity contribution in [3.63, 3.8) is 0 Å². The summed E-state index contributed by atoms with van der Waals surface area (Å²) >= 11 is 0. The minimum Gasteiger partial charge on any atom is -0.481 e. The van der Waals surface area contributed by atoms with Crippen molar-refractivity contribution in [3.8, 4) is 5.88 Å². The highest BCUT2D eigenvalue weighted by atomic mass is 32.2. The fraction of sp³-hybridized carbons (Fsp3) is 0.105. The largest absolute Gasteiger partial charge is 0.481 e. The van der Waals surface area contributed by atoms with Crippen LogP contribution < -0.4 is 14.8 Å². The topological polar surface area (TPSA) is 110 Å². The van der Waals surface area contributed by atoms with Crippen LogP contribution in [0.2, 0.25) is 0 Å². The zero-order chi connectivity index (χ0) is 20.1. The Hall–Kier alpha value is -3.46. The van der Waals surface area contributed by atoms with E-state index >= 15 is 0 Å². The molecule has 9 heteroatoms. The standard InChI is InChI=1S/C19H18N4O4S/c1-13-4-3-5-14(10-13)19(24)22-15-6-8-16(9-7-15)28(25,26)23-17-11-18(27-2)21-12-20-17/h3-12H,1-2H3,(H,22,24)(H,20,21,23). The van der Waals surface area contributed by atoms with Gasteiger partial charge in [-0.1, -0.05) is 17.7 Å². The number of aromatic nitrogens is 2. The van der Waals surface area contributed by atoms with E-state index in [1.54, 1.807) is 18.2 Å². The Labute approximate surface area is 162 Å². The molecule has 8 nitrogen and oxygen atoms in total. The summed E-state index contributed by atoms with van der Waals surface area (Å²) in [5.74, 6) is 0.0519. The normalized spacial score (nSPS) is 10.9. The van der Waals surface area contributed by atoms with Gasteiger partial charge in [-0.2, -0.15) is 0 Å². The van der Waals surface area contributed by atoms with Crippen LogP contribution in [0.5, 0.6) is 5.88 Å². The zero-order valence-corrected chi connectivity index (χ0v) is 16.0. The van der Waals surface area contributed by atoms with Crippen LogP contribution in [0.25, 0.3) is 0 Å². The number of methoxy groups -OCH3 is 1. The SMILES string of the molecule is COc1cc(NS(=O)(=O)c2ccc(NC(=O)c3cccc(C)c3)cc2)ncn1. The van der Waals surface area contributed by atoms with Gasteiger partial charge in [0.15, 0.2) is 0 Å². The second kappa shape index (κ2) is 8.05. The number of carbonyl (C=O) groups excluding carboxylic acids is 1. The minimum absolute atomic E-state index is 0.0265.